The topological polar surface area (TPSA) is 60.8 Å². The van der Waals surface area contributed by atoms with Gasteiger partial charge in [-0.1, -0.05) is 39.5 Å². The molecule has 4 heteroatoms. The fraction of sp³-hybridized carbons (Fsp3) is 0.929. The third-order valence-electron chi connectivity index (χ3n) is 3.36. The molecule has 0 saturated carbocycles. The van der Waals surface area contributed by atoms with Gasteiger partial charge in [-0.05, 0) is 19.4 Å². The average molecular weight is 259 g/mol. The van der Waals surface area contributed by atoms with E-state index in [1.165, 1.54) is 25.7 Å². The first-order valence-corrected chi connectivity index (χ1v) is 7.22. The molecule has 0 fully saturated rings. The molecule has 0 aromatic rings. The molecule has 0 spiro atoms. The highest BCUT2D eigenvalue weighted by atomic mass is 16.4. The number of aliphatic carboxylic acids is 1. The van der Waals surface area contributed by atoms with Crippen LogP contribution in [0.15, 0.2) is 0 Å². The Labute approximate surface area is 111 Å². The lowest BCUT2D eigenvalue weighted by molar-refractivity contribution is -0.137. The lowest BCUT2D eigenvalue weighted by Gasteiger charge is -2.29. The summed E-state index contributed by atoms with van der Waals surface area (Å²) in [5.74, 6) is -0.765. The maximum atomic E-state index is 10.6. The zero-order chi connectivity index (χ0) is 13.8. The Morgan fingerprint density at radius 2 is 1.78 bits per heavy atom. The summed E-state index contributed by atoms with van der Waals surface area (Å²) < 4.78 is 0. The predicted molar refractivity (Wildman–Crippen MR) is 73.7 cm³/mol. The number of carbonyl (C=O) groups is 1. The molecule has 4 nitrogen and oxygen atoms in total. The van der Waals surface area contributed by atoms with Crippen molar-refractivity contribution in [2.24, 2.45) is 0 Å². The van der Waals surface area contributed by atoms with Crippen molar-refractivity contribution in [3.8, 4) is 0 Å². The van der Waals surface area contributed by atoms with Gasteiger partial charge in [0.1, 0.15) is 0 Å². The molecular formula is C14H29NO3. The summed E-state index contributed by atoms with van der Waals surface area (Å²) in [5.41, 5.74) is 0. The van der Waals surface area contributed by atoms with Crippen LogP contribution in [0.25, 0.3) is 0 Å². The van der Waals surface area contributed by atoms with Crippen molar-refractivity contribution >= 4 is 5.97 Å². The number of rotatable bonds is 12. The highest BCUT2D eigenvalue weighted by Crippen LogP contribution is 2.09. The SMILES string of the molecule is CCCCCCCN(CCC(=O)O)C(CC)CO. The number of carboxylic acids is 1. The van der Waals surface area contributed by atoms with E-state index in [0.717, 1.165) is 19.4 Å². The summed E-state index contributed by atoms with van der Waals surface area (Å²) in [6, 6.07) is 0.107. The van der Waals surface area contributed by atoms with Gasteiger partial charge in [0.15, 0.2) is 0 Å². The fourth-order valence-corrected chi connectivity index (χ4v) is 2.14. The van der Waals surface area contributed by atoms with Crippen LogP contribution in [0.4, 0.5) is 0 Å². The lowest BCUT2D eigenvalue weighted by Crippen LogP contribution is -2.39. The van der Waals surface area contributed by atoms with Gasteiger partial charge in [0.2, 0.25) is 0 Å². The fourth-order valence-electron chi connectivity index (χ4n) is 2.14. The molecular weight excluding hydrogens is 230 g/mol. The second kappa shape index (κ2) is 11.5. The Kier molecular flexibility index (Phi) is 11.1. The minimum absolute atomic E-state index is 0.107. The van der Waals surface area contributed by atoms with E-state index in [1.54, 1.807) is 0 Å². The van der Waals surface area contributed by atoms with E-state index in [-0.39, 0.29) is 19.1 Å². The van der Waals surface area contributed by atoms with Gasteiger partial charge in [-0.2, -0.15) is 0 Å². The molecule has 1 atom stereocenters. The van der Waals surface area contributed by atoms with Crippen LogP contribution in [-0.2, 0) is 4.79 Å². The van der Waals surface area contributed by atoms with Crippen LogP contribution in [-0.4, -0.2) is 46.8 Å². The molecule has 0 aromatic heterocycles. The second-order valence-corrected chi connectivity index (χ2v) is 4.84. The van der Waals surface area contributed by atoms with Gasteiger partial charge in [0, 0.05) is 12.6 Å². The molecule has 0 aliphatic carbocycles. The van der Waals surface area contributed by atoms with Crippen molar-refractivity contribution in [2.45, 2.75) is 64.8 Å². The van der Waals surface area contributed by atoms with Crippen LogP contribution in [0.2, 0.25) is 0 Å². The maximum Gasteiger partial charge on any atom is 0.304 e. The number of carboxylic acid groups (broad SMARTS) is 1. The Bertz CT molecular complexity index is 205. The summed E-state index contributed by atoms with van der Waals surface area (Å²) in [6.45, 7) is 5.78. The van der Waals surface area contributed by atoms with Crippen LogP contribution < -0.4 is 0 Å². The van der Waals surface area contributed by atoms with Crippen molar-refractivity contribution < 1.29 is 15.0 Å². The lowest BCUT2D eigenvalue weighted by atomic mass is 10.1. The molecule has 18 heavy (non-hydrogen) atoms. The van der Waals surface area contributed by atoms with Gasteiger partial charge in [0.25, 0.3) is 0 Å². The average Bonchev–Trinajstić information content (AvgIpc) is 2.35. The Hall–Kier alpha value is -0.610. The number of aliphatic hydroxyl groups is 1. The van der Waals surface area contributed by atoms with Gasteiger partial charge in [-0.15, -0.1) is 0 Å². The molecule has 1 unspecified atom stereocenters. The summed E-state index contributed by atoms with van der Waals surface area (Å²) in [6.07, 6.45) is 7.06. The monoisotopic (exact) mass is 259 g/mol. The van der Waals surface area contributed by atoms with Crippen molar-refractivity contribution in [3.63, 3.8) is 0 Å². The van der Waals surface area contributed by atoms with Crippen molar-refractivity contribution in [1.29, 1.82) is 0 Å². The maximum absolute atomic E-state index is 10.6. The zero-order valence-corrected chi connectivity index (χ0v) is 11.9. The standard InChI is InChI=1S/C14H29NO3/c1-3-5-6-7-8-10-15(11-9-14(17)18)13(4-2)12-16/h13,16H,3-12H2,1-2H3,(H,17,18). The number of aliphatic hydroxyl groups excluding tert-OH is 1. The first-order valence-electron chi connectivity index (χ1n) is 7.22. The normalized spacial score (nSPS) is 12.9. The zero-order valence-electron chi connectivity index (χ0n) is 11.9. The Balaban J connectivity index is 3.99. The van der Waals surface area contributed by atoms with Crippen LogP contribution in [0.3, 0.4) is 0 Å². The molecule has 0 radical (unpaired) electrons. The molecule has 0 bridgehead atoms. The largest absolute Gasteiger partial charge is 0.481 e. The van der Waals surface area contributed by atoms with E-state index >= 15 is 0 Å². The molecule has 0 saturated heterocycles. The van der Waals surface area contributed by atoms with Crippen LogP contribution in [0.1, 0.15) is 58.8 Å². The van der Waals surface area contributed by atoms with E-state index in [9.17, 15) is 9.90 Å². The van der Waals surface area contributed by atoms with Gasteiger partial charge < -0.3 is 10.2 Å². The highest BCUT2D eigenvalue weighted by molar-refractivity contribution is 5.66. The molecule has 0 amide bonds. The molecule has 2 N–H and O–H groups in total. The van der Waals surface area contributed by atoms with Crippen LogP contribution >= 0.6 is 0 Å². The van der Waals surface area contributed by atoms with E-state index in [0.29, 0.717) is 6.54 Å². The van der Waals surface area contributed by atoms with Crippen molar-refractivity contribution in [1.82, 2.24) is 4.90 Å². The summed E-state index contributed by atoms with van der Waals surface area (Å²) in [5, 5.41) is 18.1. The van der Waals surface area contributed by atoms with E-state index < -0.39 is 5.97 Å². The van der Waals surface area contributed by atoms with Gasteiger partial charge in [-0.25, -0.2) is 0 Å². The third-order valence-corrected chi connectivity index (χ3v) is 3.36. The molecule has 0 heterocycles. The first-order chi connectivity index (χ1) is 8.65. The molecule has 0 rings (SSSR count). The number of unbranched alkanes of at least 4 members (excludes halogenated alkanes) is 4. The molecule has 108 valence electrons. The second-order valence-electron chi connectivity index (χ2n) is 4.84. The third kappa shape index (κ3) is 8.48. The van der Waals surface area contributed by atoms with E-state index in [4.69, 9.17) is 5.11 Å². The van der Waals surface area contributed by atoms with Crippen LogP contribution in [0.5, 0.6) is 0 Å². The summed E-state index contributed by atoms with van der Waals surface area (Å²) in [4.78, 5) is 12.8. The molecule has 0 aliphatic rings. The summed E-state index contributed by atoms with van der Waals surface area (Å²) >= 11 is 0. The summed E-state index contributed by atoms with van der Waals surface area (Å²) in [7, 11) is 0. The Morgan fingerprint density at radius 1 is 1.11 bits per heavy atom. The number of hydrogen-bond donors (Lipinski definition) is 2. The van der Waals surface area contributed by atoms with Crippen molar-refractivity contribution in [3.05, 3.63) is 0 Å². The minimum atomic E-state index is -0.765. The minimum Gasteiger partial charge on any atom is -0.481 e. The highest BCUT2D eigenvalue weighted by Gasteiger charge is 2.16. The predicted octanol–water partition coefficient (Wildman–Crippen LogP) is 2.50. The molecule has 0 aromatic carbocycles. The molecule has 0 aliphatic heterocycles. The van der Waals surface area contributed by atoms with Crippen LogP contribution in [0, 0.1) is 0 Å². The Morgan fingerprint density at radius 3 is 2.28 bits per heavy atom. The van der Waals surface area contributed by atoms with Gasteiger partial charge >= 0.3 is 5.97 Å². The number of hydrogen-bond acceptors (Lipinski definition) is 3. The van der Waals surface area contributed by atoms with Gasteiger partial charge in [-0.3, -0.25) is 9.69 Å². The number of nitrogens with zero attached hydrogens (tertiary/aromatic N) is 1. The van der Waals surface area contributed by atoms with Crippen molar-refractivity contribution in [2.75, 3.05) is 19.7 Å². The first kappa shape index (κ1) is 17.4. The van der Waals surface area contributed by atoms with E-state index in [1.807, 2.05) is 6.92 Å². The smallest absolute Gasteiger partial charge is 0.304 e. The van der Waals surface area contributed by atoms with E-state index in [2.05, 4.69) is 11.8 Å². The van der Waals surface area contributed by atoms with Gasteiger partial charge in [0.05, 0.1) is 13.0 Å². The quantitative estimate of drug-likeness (QED) is 0.529.